The molecule has 4 rings (SSSR count). The molecule has 1 aromatic carbocycles. The zero-order valence-corrected chi connectivity index (χ0v) is 16.3. The third-order valence-corrected chi connectivity index (χ3v) is 5.14. The number of nitrogens with one attached hydrogen (secondary N) is 1. The van der Waals surface area contributed by atoms with Crippen molar-refractivity contribution in [1.29, 1.82) is 0 Å². The molecular weight excluding hydrogens is 368 g/mol. The quantitative estimate of drug-likeness (QED) is 0.397. The third-order valence-electron chi connectivity index (χ3n) is 5.14. The Morgan fingerprint density at radius 3 is 2.66 bits per heavy atom. The van der Waals surface area contributed by atoms with Crippen LogP contribution in [0.15, 0.2) is 60.4 Å². The van der Waals surface area contributed by atoms with E-state index in [0.29, 0.717) is 24.3 Å². The van der Waals surface area contributed by atoms with Gasteiger partial charge in [-0.3, -0.25) is 14.6 Å². The molecule has 0 radical (unpaired) electrons. The molecule has 1 aliphatic rings. The number of aliphatic hydroxyl groups excluding tert-OH is 1. The fraction of sp³-hybridized carbons (Fsp3) is 0.227. The smallest absolute Gasteiger partial charge is 0.295 e. The van der Waals surface area contributed by atoms with Crippen LogP contribution >= 0.6 is 0 Å². The number of amides is 1. The van der Waals surface area contributed by atoms with E-state index in [0.717, 1.165) is 10.9 Å². The van der Waals surface area contributed by atoms with Gasteiger partial charge in [0.05, 0.1) is 11.3 Å². The van der Waals surface area contributed by atoms with Gasteiger partial charge in [0.2, 0.25) is 0 Å². The lowest BCUT2D eigenvalue weighted by atomic mass is 9.98. The molecule has 0 bridgehead atoms. The van der Waals surface area contributed by atoms with Gasteiger partial charge in [-0.05, 0) is 32.3 Å². The van der Waals surface area contributed by atoms with Gasteiger partial charge in [-0.15, -0.1) is 0 Å². The first-order valence-electron chi connectivity index (χ1n) is 9.39. The van der Waals surface area contributed by atoms with Gasteiger partial charge in [0.25, 0.3) is 11.7 Å². The Morgan fingerprint density at radius 1 is 1.17 bits per heavy atom. The van der Waals surface area contributed by atoms with Crippen molar-refractivity contribution in [3.8, 4) is 0 Å². The molecule has 3 heterocycles. The first kappa shape index (κ1) is 18.9. The summed E-state index contributed by atoms with van der Waals surface area (Å²) in [4.78, 5) is 36.7. The van der Waals surface area contributed by atoms with Crippen LogP contribution in [0.2, 0.25) is 0 Å². The van der Waals surface area contributed by atoms with Crippen molar-refractivity contribution in [2.24, 2.45) is 0 Å². The van der Waals surface area contributed by atoms with Crippen molar-refractivity contribution >= 4 is 28.4 Å². The summed E-state index contributed by atoms with van der Waals surface area (Å²) in [5.41, 5.74) is 1.95. The van der Waals surface area contributed by atoms with Gasteiger partial charge in [-0.25, -0.2) is 0 Å². The second-order valence-electron chi connectivity index (χ2n) is 7.30. The van der Waals surface area contributed by atoms with Crippen LogP contribution in [0, 0.1) is 0 Å². The Kier molecular flexibility index (Phi) is 4.90. The second-order valence-corrected chi connectivity index (χ2v) is 7.30. The predicted molar refractivity (Wildman–Crippen MR) is 110 cm³/mol. The molecule has 29 heavy (non-hydrogen) atoms. The molecule has 0 aliphatic carbocycles. The SMILES string of the molecule is CN(C)CCN1C(=O)C(=O)/C(=C(/O)c2c[nH]c3ccccc23)[C@@H]1c1ccccn1. The molecule has 148 valence electrons. The summed E-state index contributed by atoms with van der Waals surface area (Å²) in [5.74, 6) is -1.50. The summed E-state index contributed by atoms with van der Waals surface area (Å²) < 4.78 is 0. The van der Waals surface area contributed by atoms with Crippen molar-refractivity contribution in [3.05, 3.63) is 71.7 Å². The Balaban J connectivity index is 1.88. The monoisotopic (exact) mass is 390 g/mol. The van der Waals surface area contributed by atoms with E-state index in [2.05, 4.69) is 9.97 Å². The average Bonchev–Trinajstić information content (AvgIpc) is 3.26. The van der Waals surface area contributed by atoms with Crippen molar-refractivity contribution in [2.45, 2.75) is 6.04 Å². The number of para-hydroxylation sites is 1. The highest BCUT2D eigenvalue weighted by Crippen LogP contribution is 2.39. The van der Waals surface area contributed by atoms with Gasteiger partial charge in [-0.2, -0.15) is 0 Å². The summed E-state index contributed by atoms with van der Waals surface area (Å²) in [6, 6.07) is 12.1. The second kappa shape index (κ2) is 7.52. The summed E-state index contributed by atoms with van der Waals surface area (Å²) in [6.07, 6.45) is 3.27. The number of nitrogens with zero attached hydrogens (tertiary/aromatic N) is 3. The molecule has 2 N–H and O–H groups in total. The molecule has 3 aromatic rings. The Labute approximate surface area is 168 Å². The maximum absolute atomic E-state index is 13.0. The lowest BCUT2D eigenvalue weighted by Crippen LogP contribution is -2.35. The van der Waals surface area contributed by atoms with Crippen molar-refractivity contribution in [1.82, 2.24) is 19.8 Å². The molecule has 1 saturated heterocycles. The van der Waals surface area contributed by atoms with Gasteiger partial charge >= 0.3 is 0 Å². The number of aliphatic hydroxyl groups is 1. The van der Waals surface area contributed by atoms with Gasteiger partial charge in [0.1, 0.15) is 11.8 Å². The van der Waals surface area contributed by atoms with Crippen LogP contribution < -0.4 is 0 Å². The fourth-order valence-corrected chi connectivity index (χ4v) is 3.68. The first-order valence-corrected chi connectivity index (χ1v) is 9.39. The number of carbonyl (C=O) groups is 2. The number of benzene rings is 1. The molecule has 7 heteroatoms. The number of ketones is 1. The number of aromatic nitrogens is 2. The van der Waals surface area contributed by atoms with Gasteiger partial charge < -0.3 is 19.9 Å². The van der Waals surface area contributed by atoms with Crippen LogP contribution in [0.25, 0.3) is 16.7 Å². The topological polar surface area (TPSA) is 89.5 Å². The number of rotatable bonds is 5. The van der Waals surface area contributed by atoms with E-state index in [1.807, 2.05) is 43.3 Å². The number of hydrogen-bond donors (Lipinski definition) is 2. The largest absolute Gasteiger partial charge is 0.507 e. The van der Waals surface area contributed by atoms with Crippen LogP contribution in [-0.2, 0) is 9.59 Å². The van der Waals surface area contributed by atoms with Crippen LogP contribution in [0.4, 0.5) is 0 Å². The van der Waals surface area contributed by atoms with E-state index in [9.17, 15) is 14.7 Å². The van der Waals surface area contributed by atoms with Crippen LogP contribution in [0.1, 0.15) is 17.3 Å². The van der Waals surface area contributed by atoms with Crippen molar-refractivity contribution < 1.29 is 14.7 Å². The minimum Gasteiger partial charge on any atom is -0.507 e. The van der Waals surface area contributed by atoms with Crippen LogP contribution in [-0.4, -0.2) is 63.7 Å². The highest BCUT2D eigenvalue weighted by molar-refractivity contribution is 6.46. The number of pyridine rings is 1. The van der Waals surface area contributed by atoms with E-state index < -0.39 is 17.7 Å². The minimum absolute atomic E-state index is 0.0669. The molecule has 1 fully saturated rings. The number of Topliss-reactive ketones (excluding diaryl/α,β-unsaturated/α-hetero) is 1. The van der Waals surface area contributed by atoms with Gasteiger partial charge in [0.15, 0.2) is 0 Å². The highest BCUT2D eigenvalue weighted by Gasteiger charge is 2.46. The fourth-order valence-electron chi connectivity index (χ4n) is 3.68. The average molecular weight is 390 g/mol. The highest BCUT2D eigenvalue weighted by atomic mass is 16.3. The number of likely N-dealkylation sites (tertiary alicyclic amines) is 1. The molecule has 2 aromatic heterocycles. The van der Waals surface area contributed by atoms with E-state index in [-0.39, 0.29) is 11.3 Å². The van der Waals surface area contributed by atoms with Gasteiger partial charge in [-0.1, -0.05) is 24.3 Å². The molecule has 1 amide bonds. The third kappa shape index (κ3) is 3.30. The maximum Gasteiger partial charge on any atom is 0.295 e. The Bertz CT molecular complexity index is 1100. The molecule has 7 nitrogen and oxygen atoms in total. The first-order chi connectivity index (χ1) is 14.0. The Morgan fingerprint density at radius 2 is 1.93 bits per heavy atom. The normalized spacial score (nSPS) is 18.9. The summed E-state index contributed by atoms with van der Waals surface area (Å²) in [5, 5.41) is 11.9. The van der Waals surface area contributed by atoms with E-state index in [1.165, 1.54) is 4.90 Å². The number of carbonyl (C=O) groups excluding carboxylic acids is 2. The zero-order chi connectivity index (χ0) is 20.5. The van der Waals surface area contributed by atoms with Gasteiger partial charge in [0, 0.05) is 41.9 Å². The zero-order valence-electron chi connectivity index (χ0n) is 16.3. The molecule has 0 spiro atoms. The van der Waals surface area contributed by atoms with Crippen LogP contribution in [0.5, 0.6) is 0 Å². The van der Waals surface area contributed by atoms with Crippen LogP contribution in [0.3, 0.4) is 0 Å². The van der Waals surface area contributed by atoms with E-state index in [1.54, 1.807) is 30.6 Å². The number of hydrogen-bond acceptors (Lipinski definition) is 5. The molecule has 1 aliphatic heterocycles. The number of fused-ring (bicyclic) bond motifs is 1. The number of likely N-dealkylation sites (N-methyl/N-ethyl adjacent to an activating group) is 1. The predicted octanol–water partition coefficient (Wildman–Crippen LogP) is 2.55. The Hall–Kier alpha value is -3.45. The summed E-state index contributed by atoms with van der Waals surface area (Å²) >= 11 is 0. The minimum atomic E-state index is -0.732. The standard InChI is InChI=1S/C22H22N4O3/c1-25(2)11-12-26-19(17-9-5-6-10-23-17)18(21(28)22(26)29)20(27)15-13-24-16-8-4-3-7-14(15)16/h3-10,13,19,24,27H,11-12H2,1-2H3/b20-18+/t19-/m0/s1. The number of H-pyrrole nitrogens is 1. The summed E-state index contributed by atoms with van der Waals surface area (Å²) in [7, 11) is 3.80. The van der Waals surface area contributed by atoms with Crippen molar-refractivity contribution in [2.75, 3.05) is 27.2 Å². The molecule has 1 atom stereocenters. The molecule has 0 unspecified atom stereocenters. The summed E-state index contributed by atoms with van der Waals surface area (Å²) in [6.45, 7) is 0.937. The van der Waals surface area contributed by atoms with E-state index >= 15 is 0 Å². The molecule has 0 saturated carbocycles. The number of aromatic amines is 1. The maximum atomic E-state index is 13.0. The van der Waals surface area contributed by atoms with Crippen molar-refractivity contribution in [3.63, 3.8) is 0 Å². The molecular formula is C22H22N4O3. The lowest BCUT2D eigenvalue weighted by molar-refractivity contribution is -0.140. The lowest BCUT2D eigenvalue weighted by Gasteiger charge is -2.25. The van der Waals surface area contributed by atoms with E-state index in [4.69, 9.17) is 0 Å².